The molecule has 0 bridgehead atoms. The zero-order valence-corrected chi connectivity index (χ0v) is 14.1. The van der Waals surface area contributed by atoms with E-state index in [4.69, 9.17) is 9.47 Å². The van der Waals surface area contributed by atoms with Crippen LogP contribution in [0.3, 0.4) is 0 Å². The molecule has 0 aromatic heterocycles. The number of β-lactam (4-membered cyclic amide) rings is 1. The standard InChI is InChI=1S/C18H25NO4/c1-4-18(13-19-15(18)20)10-11-23-17(2,3)16(21)22-12-14-8-6-5-7-9-14/h5-9H,4,10-13H2,1-3H3,(H,19,20). The Labute approximate surface area is 137 Å². The van der Waals surface area contributed by atoms with Crippen LogP contribution in [0.4, 0.5) is 0 Å². The number of carbonyl (C=O) groups is 2. The van der Waals surface area contributed by atoms with Gasteiger partial charge in [-0.3, -0.25) is 4.79 Å². The summed E-state index contributed by atoms with van der Waals surface area (Å²) >= 11 is 0. The second kappa shape index (κ2) is 7.13. The lowest BCUT2D eigenvalue weighted by atomic mass is 9.75. The van der Waals surface area contributed by atoms with Crippen LogP contribution < -0.4 is 5.32 Å². The number of rotatable bonds is 8. The Balaban J connectivity index is 1.78. The fourth-order valence-corrected chi connectivity index (χ4v) is 2.53. The number of nitrogens with one attached hydrogen (secondary N) is 1. The van der Waals surface area contributed by atoms with Crippen LogP contribution in [-0.2, 0) is 25.7 Å². The van der Waals surface area contributed by atoms with Crippen LogP contribution >= 0.6 is 0 Å². The van der Waals surface area contributed by atoms with Gasteiger partial charge in [-0.2, -0.15) is 0 Å². The molecule has 1 aliphatic rings. The number of hydrogen-bond acceptors (Lipinski definition) is 4. The molecule has 126 valence electrons. The maximum atomic E-state index is 12.2. The highest BCUT2D eigenvalue weighted by Crippen LogP contribution is 2.32. The number of amides is 1. The summed E-state index contributed by atoms with van der Waals surface area (Å²) in [6.07, 6.45) is 1.39. The summed E-state index contributed by atoms with van der Waals surface area (Å²) in [5.74, 6) is -0.321. The Morgan fingerprint density at radius 2 is 2.00 bits per heavy atom. The van der Waals surface area contributed by atoms with Crippen molar-refractivity contribution in [2.75, 3.05) is 13.2 Å². The summed E-state index contributed by atoms with van der Waals surface area (Å²) in [5.41, 5.74) is -0.416. The third-order valence-electron chi connectivity index (χ3n) is 4.49. The van der Waals surface area contributed by atoms with E-state index < -0.39 is 11.6 Å². The molecule has 1 atom stereocenters. The number of esters is 1. The van der Waals surface area contributed by atoms with Gasteiger partial charge in [-0.25, -0.2) is 4.79 Å². The van der Waals surface area contributed by atoms with Crippen LogP contribution in [0.25, 0.3) is 0 Å². The van der Waals surface area contributed by atoms with E-state index in [9.17, 15) is 9.59 Å². The van der Waals surface area contributed by atoms with Gasteiger partial charge in [-0.1, -0.05) is 37.3 Å². The highest BCUT2D eigenvalue weighted by atomic mass is 16.6. The molecule has 0 aliphatic carbocycles. The number of hydrogen-bond donors (Lipinski definition) is 1. The summed E-state index contributed by atoms with van der Waals surface area (Å²) in [4.78, 5) is 23.9. The van der Waals surface area contributed by atoms with E-state index in [0.717, 1.165) is 12.0 Å². The second-order valence-electron chi connectivity index (χ2n) is 6.49. The van der Waals surface area contributed by atoms with Crippen LogP contribution in [0, 0.1) is 5.41 Å². The third-order valence-corrected chi connectivity index (χ3v) is 4.49. The van der Waals surface area contributed by atoms with Gasteiger partial charge in [-0.15, -0.1) is 0 Å². The van der Waals surface area contributed by atoms with Gasteiger partial charge in [-0.05, 0) is 32.3 Å². The minimum absolute atomic E-state index is 0.0769. The highest BCUT2D eigenvalue weighted by Gasteiger charge is 2.44. The summed E-state index contributed by atoms with van der Waals surface area (Å²) in [5, 5.41) is 2.77. The van der Waals surface area contributed by atoms with E-state index in [0.29, 0.717) is 19.6 Å². The molecule has 1 N–H and O–H groups in total. The van der Waals surface area contributed by atoms with Crippen molar-refractivity contribution < 1.29 is 19.1 Å². The lowest BCUT2D eigenvalue weighted by Crippen LogP contribution is -2.59. The minimum Gasteiger partial charge on any atom is -0.459 e. The summed E-state index contributed by atoms with van der Waals surface area (Å²) in [6, 6.07) is 9.53. The molecular weight excluding hydrogens is 294 g/mol. The predicted molar refractivity (Wildman–Crippen MR) is 86.6 cm³/mol. The Morgan fingerprint density at radius 3 is 2.52 bits per heavy atom. The average molecular weight is 319 g/mol. The monoisotopic (exact) mass is 319 g/mol. The van der Waals surface area contributed by atoms with E-state index in [-0.39, 0.29) is 17.9 Å². The van der Waals surface area contributed by atoms with Crippen molar-refractivity contribution in [2.45, 2.75) is 45.8 Å². The molecular formula is C18H25NO4. The SMILES string of the molecule is CCC1(CCOC(C)(C)C(=O)OCc2ccccc2)CNC1=O. The maximum absolute atomic E-state index is 12.2. The Bertz CT molecular complexity index is 551. The smallest absolute Gasteiger partial charge is 0.338 e. The Kier molecular flexibility index (Phi) is 5.42. The molecule has 0 saturated carbocycles. The van der Waals surface area contributed by atoms with E-state index in [1.807, 2.05) is 37.3 Å². The average Bonchev–Trinajstić information content (AvgIpc) is 2.56. The minimum atomic E-state index is -1.02. The van der Waals surface area contributed by atoms with Gasteiger partial charge < -0.3 is 14.8 Å². The normalized spacial score (nSPS) is 20.6. The zero-order valence-electron chi connectivity index (χ0n) is 14.1. The Morgan fingerprint density at radius 1 is 1.30 bits per heavy atom. The van der Waals surface area contributed by atoms with E-state index in [1.54, 1.807) is 13.8 Å². The lowest BCUT2D eigenvalue weighted by molar-refractivity contribution is -0.171. The first-order chi connectivity index (χ1) is 10.9. The molecule has 23 heavy (non-hydrogen) atoms. The molecule has 1 aliphatic heterocycles. The van der Waals surface area contributed by atoms with E-state index in [1.165, 1.54) is 0 Å². The molecule has 1 saturated heterocycles. The van der Waals surface area contributed by atoms with Gasteiger partial charge in [0.2, 0.25) is 5.91 Å². The first-order valence-corrected chi connectivity index (χ1v) is 8.03. The number of carbonyl (C=O) groups excluding carboxylic acids is 2. The molecule has 0 radical (unpaired) electrons. The molecule has 1 unspecified atom stereocenters. The number of ether oxygens (including phenoxy) is 2. The van der Waals surface area contributed by atoms with Crippen LogP contribution in [-0.4, -0.2) is 30.6 Å². The highest BCUT2D eigenvalue weighted by molar-refractivity contribution is 5.88. The van der Waals surface area contributed by atoms with Gasteiger partial charge in [0.25, 0.3) is 0 Å². The van der Waals surface area contributed by atoms with Crippen molar-refractivity contribution in [3.63, 3.8) is 0 Å². The zero-order chi connectivity index (χ0) is 16.9. The molecule has 2 rings (SSSR count). The summed E-state index contributed by atoms with van der Waals surface area (Å²) in [7, 11) is 0. The van der Waals surface area contributed by atoms with Crippen LogP contribution in [0.2, 0.25) is 0 Å². The topological polar surface area (TPSA) is 64.6 Å². The molecule has 1 amide bonds. The van der Waals surface area contributed by atoms with Crippen molar-refractivity contribution in [3.05, 3.63) is 35.9 Å². The fourth-order valence-electron chi connectivity index (χ4n) is 2.53. The van der Waals surface area contributed by atoms with Crippen LogP contribution in [0.5, 0.6) is 0 Å². The molecule has 1 aromatic rings. The van der Waals surface area contributed by atoms with Crippen LogP contribution in [0.15, 0.2) is 30.3 Å². The van der Waals surface area contributed by atoms with Crippen molar-refractivity contribution in [1.82, 2.24) is 5.32 Å². The van der Waals surface area contributed by atoms with Gasteiger partial charge in [0.15, 0.2) is 5.60 Å². The van der Waals surface area contributed by atoms with Crippen molar-refractivity contribution in [2.24, 2.45) is 5.41 Å². The van der Waals surface area contributed by atoms with Crippen molar-refractivity contribution in [3.8, 4) is 0 Å². The first-order valence-electron chi connectivity index (χ1n) is 8.03. The summed E-state index contributed by atoms with van der Waals surface area (Å²) < 4.78 is 11.0. The second-order valence-corrected chi connectivity index (χ2v) is 6.49. The molecule has 5 heteroatoms. The van der Waals surface area contributed by atoms with Crippen LogP contribution in [0.1, 0.15) is 39.2 Å². The van der Waals surface area contributed by atoms with E-state index in [2.05, 4.69) is 5.32 Å². The largest absolute Gasteiger partial charge is 0.459 e. The van der Waals surface area contributed by atoms with Gasteiger partial charge in [0.1, 0.15) is 6.61 Å². The van der Waals surface area contributed by atoms with Crippen molar-refractivity contribution >= 4 is 11.9 Å². The van der Waals surface area contributed by atoms with Gasteiger partial charge >= 0.3 is 5.97 Å². The fraction of sp³-hybridized carbons (Fsp3) is 0.556. The first kappa shape index (κ1) is 17.5. The molecule has 0 spiro atoms. The quantitative estimate of drug-likeness (QED) is 0.590. The third kappa shape index (κ3) is 4.10. The lowest BCUT2D eigenvalue weighted by Gasteiger charge is -2.40. The van der Waals surface area contributed by atoms with Gasteiger partial charge in [0.05, 0.1) is 5.41 Å². The number of benzene rings is 1. The molecule has 1 fully saturated rings. The maximum Gasteiger partial charge on any atom is 0.338 e. The predicted octanol–water partition coefficient (Wildman–Crippen LogP) is 2.44. The van der Waals surface area contributed by atoms with Gasteiger partial charge in [0, 0.05) is 13.2 Å². The Hall–Kier alpha value is -1.88. The van der Waals surface area contributed by atoms with E-state index >= 15 is 0 Å². The molecule has 1 heterocycles. The molecule has 1 aromatic carbocycles. The summed E-state index contributed by atoms with van der Waals surface area (Å²) in [6.45, 7) is 6.66. The molecule has 5 nitrogen and oxygen atoms in total. The van der Waals surface area contributed by atoms with Crippen molar-refractivity contribution in [1.29, 1.82) is 0 Å².